The summed E-state index contributed by atoms with van der Waals surface area (Å²) in [6, 6.07) is 2.50. The predicted octanol–water partition coefficient (Wildman–Crippen LogP) is 1.82. The van der Waals surface area contributed by atoms with E-state index in [9.17, 15) is 4.79 Å². The highest BCUT2D eigenvalue weighted by atomic mass is 16.2. The zero-order valence-corrected chi connectivity index (χ0v) is 13.3. The van der Waals surface area contributed by atoms with Crippen LogP contribution in [0.5, 0.6) is 0 Å². The van der Waals surface area contributed by atoms with Gasteiger partial charge < -0.3 is 14.8 Å². The van der Waals surface area contributed by atoms with Crippen LogP contribution in [0.3, 0.4) is 0 Å². The van der Waals surface area contributed by atoms with Crippen LogP contribution < -0.4 is 4.90 Å². The van der Waals surface area contributed by atoms with E-state index >= 15 is 0 Å². The van der Waals surface area contributed by atoms with Crippen molar-refractivity contribution in [3.8, 4) is 0 Å². The van der Waals surface area contributed by atoms with Gasteiger partial charge in [-0.3, -0.25) is 4.79 Å². The summed E-state index contributed by atoms with van der Waals surface area (Å²) in [6.07, 6.45) is 7.16. The molecule has 1 aliphatic heterocycles. The average Bonchev–Trinajstić information content (AvgIpc) is 3.26. The molecule has 3 atom stereocenters. The smallest absolute Gasteiger partial charge is 0.245 e. The van der Waals surface area contributed by atoms with Gasteiger partial charge in [0, 0.05) is 32.4 Å². The van der Waals surface area contributed by atoms with Gasteiger partial charge in [-0.1, -0.05) is 6.58 Å². The maximum absolute atomic E-state index is 11.8. The lowest BCUT2D eigenvalue weighted by atomic mass is 10.0. The Morgan fingerprint density at radius 2 is 2.13 bits per heavy atom. The molecule has 2 fully saturated rings. The molecular formula is C17H21N5O. The van der Waals surface area contributed by atoms with Gasteiger partial charge in [-0.15, -0.1) is 0 Å². The molecule has 6 nitrogen and oxygen atoms in total. The molecule has 2 unspecified atom stereocenters. The van der Waals surface area contributed by atoms with Gasteiger partial charge in [-0.05, 0) is 36.8 Å². The Kier molecular flexibility index (Phi) is 3.32. The van der Waals surface area contributed by atoms with E-state index in [2.05, 4.69) is 33.5 Å². The van der Waals surface area contributed by atoms with E-state index in [1.807, 2.05) is 17.2 Å². The third-order valence-corrected chi connectivity index (χ3v) is 5.43. The molecule has 3 heterocycles. The number of hydrogen-bond acceptors (Lipinski definition) is 4. The summed E-state index contributed by atoms with van der Waals surface area (Å²) >= 11 is 0. The number of nitrogens with zero attached hydrogens (tertiary/aromatic N) is 4. The SMILES string of the molecule is C=CC(=O)N1CC2CC(N(C)c3ncnc4[nH]ccc34)C[C@@H]2C1. The molecule has 2 aromatic heterocycles. The highest BCUT2D eigenvalue weighted by molar-refractivity contribution is 5.88. The Hall–Kier alpha value is -2.37. The minimum atomic E-state index is 0.0640. The fraction of sp³-hybridized carbons (Fsp3) is 0.471. The molecular weight excluding hydrogens is 290 g/mol. The predicted molar refractivity (Wildman–Crippen MR) is 89.1 cm³/mol. The molecule has 6 heteroatoms. The van der Waals surface area contributed by atoms with Gasteiger partial charge in [0.1, 0.15) is 17.8 Å². The molecule has 0 bridgehead atoms. The van der Waals surface area contributed by atoms with Crippen molar-refractivity contribution in [2.75, 3.05) is 25.0 Å². The van der Waals surface area contributed by atoms with Crippen LogP contribution in [-0.4, -0.2) is 51.9 Å². The maximum atomic E-state index is 11.8. The fourth-order valence-corrected chi connectivity index (χ4v) is 4.21. The molecule has 2 aliphatic rings. The van der Waals surface area contributed by atoms with Crippen LogP contribution in [0.25, 0.3) is 11.0 Å². The second-order valence-electron chi connectivity index (χ2n) is 6.64. The standard InChI is InChI=1S/C17H21N5O/c1-3-15(23)22-8-11-6-13(7-12(11)9-22)21(2)17-14-4-5-18-16(14)19-10-20-17/h3-5,10-13H,1,6-9H2,2H3,(H,18,19,20)/t11-,12?,13?/m1/s1. The number of nitrogens with one attached hydrogen (secondary N) is 1. The number of carbonyl (C=O) groups excluding carboxylic acids is 1. The van der Waals surface area contributed by atoms with Gasteiger partial charge in [0.25, 0.3) is 0 Å². The average molecular weight is 311 g/mol. The number of anilines is 1. The lowest BCUT2D eigenvalue weighted by Gasteiger charge is -2.27. The zero-order chi connectivity index (χ0) is 16.0. The quantitative estimate of drug-likeness (QED) is 0.878. The molecule has 1 aliphatic carbocycles. The number of hydrogen-bond donors (Lipinski definition) is 1. The summed E-state index contributed by atoms with van der Waals surface area (Å²) in [5, 5.41) is 1.07. The minimum Gasteiger partial charge on any atom is -0.356 e. The summed E-state index contributed by atoms with van der Waals surface area (Å²) in [7, 11) is 2.12. The van der Waals surface area contributed by atoms with Crippen molar-refractivity contribution in [2.45, 2.75) is 18.9 Å². The van der Waals surface area contributed by atoms with E-state index < -0.39 is 0 Å². The summed E-state index contributed by atoms with van der Waals surface area (Å²) in [5.41, 5.74) is 0.878. The Bertz CT molecular complexity index is 740. The van der Waals surface area contributed by atoms with Crippen LogP contribution in [0, 0.1) is 11.8 Å². The third kappa shape index (κ3) is 2.29. The van der Waals surface area contributed by atoms with Crippen LogP contribution in [0.1, 0.15) is 12.8 Å². The first kappa shape index (κ1) is 14.2. The van der Waals surface area contributed by atoms with Crippen molar-refractivity contribution < 1.29 is 4.79 Å². The largest absolute Gasteiger partial charge is 0.356 e. The molecule has 1 saturated heterocycles. The van der Waals surface area contributed by atoms with Gasteiger partial charge >= 0.3 is 0 Å². The first-order valence-corrected chi connectivity index (χ1v) is 8.09. The number of aromatic nitrogens is 3. The Balaban J connectivity index is 1.50. The van der Waals surface area contributed by atoms with Crippen molar-refractivity contribution in [2.24, 2.45) is 11.8 Å². The lowest BCUT2D eigenvalue weighted by molar-refractivity contribution is -0.125. The van der Waals surface area contributed by atoms with E-state index in [4.69, 9.17) is 0 Å². The number of fused-ring (bicyclic) bond motifs is 2. The Morgan fingerprint density at radius 1 is 1.39 bits per heavy atom. The van der Waals surface area contributed by atoms with Gasteiger partial charge in [-0.25, -0.2) is 9.97 Å². The minimum absolute atomic E-state index is 0.0640. The number of H-pyrrole nitrogens is 1. The zero-order valence-electron chi connectivity index (χ0n) is 13.3. The van der Waals surface area contributed by atoms with E-state index in [1.165, 1.54) is 6.08 Å². The summed E-state index contributed by atoms with van der Waals surface area (Å²) in [5.74, 6) is 2.24. The Morgan fingerprint density at radius 3 is 2.83 bits per heavy atom. The number of rotatable bonds is 3. The van der Waals surface area contributed by atoms with Crippen LogP contribution in [0.4, 0.5) is 5.82 Å². The molecule has 2 aromatic rings. The van der Waals surface area contributed by atoms with Gasteiger partial charge in [0.2, 0.25) is 5.91 Å². The topological polar surface area (TPSA) is 65.1 Å². The summed E-state index contributed by atoms with van der Waals surface area (Å²) in [6.45, 7) is 5.32. The molecule has 0 aromatic carbocycles. The lowest BCUT2D eigenvalue weighted by Crippen LogP contribution is -2.34. The van der Waals surface area contributed by atoms with Crippen molar-refractivity contribution in [3.63, 3.8) is 0 Å². The number of amides is 1. The monoisotopic (exact) mass is 311 g/mol. The van der Waals surface area contributed by atoms with Crippen LogP contribution in [0.15, 0.2) is 31.2 Å². The highest BCUT2D eigenvalue weighted by Gasteiger charge is 2.43. The number of carbonyl (C=O) groups is 1. The first-order chi connectivity index (χ1) is 11.2. The molecule has 4 rings (SSSR count). The second-order valence-corrected chi connectivity index (χ2v) is 6.64. The molecule has 1 amide bonds. The molecule has 1 saturated carbocycles. The summed E-state index contributed by atoms with van der Waals surface area (Å²) in [4.78, 5) is 27.9. The van der Waals surface area contributed by atoms with Gasteiger partial charge in [0.15, 0.2) is 0 Å². The maximum Gasteiger partial charge on any atom is 0.245 e. The Labute approximate surface area is 135 Å². The van der Waals surface area contributed by atoms with Crippen molar-refractivity contribution in [3.05, 3.63) is 31.2 Å². The van der Waals surface area contributed by atoms with E-state index in [0.717, 1.165) is 42.8 Å². The van der Waals surface area contributed by atoms with E-state index in [-0.39, 0.29) is 5.91 Å². The third-order valence-electron chi connectivity index (χ3n) is 5.43. The van der Waals surface area contributed by atoms with E-state index in [1.54, 1.807) is 6.33 Å². The number of likely N-dealkylation sites (tertiary alicyclic amines) is 1. The van der Waals surface area contributed by atoms with Crippen LogP contribution >= 0.6 is 0 Å². The van der Waals surface area contributed by atoms with Gasteiger partial charge in [0.05, 0.1) is 5.39 Å². The van der Waals surface area contributed by atoms with Crippen LogP contribution in [0.2, 0.25) is 0 Å². The molecule has 23 heavy (non-hydrogen) atoms. The van der Waals surface area contributed by atoms with E-state index in [0.29, 0.717) is 17.9 Å². The first-order valence-electron chi connectivity index (χ1n) is 8.09. The van der Waals surface area contributed by atoms with Crippen molar-refractivity contribution >= 4 is 22.8 Å². The molecule has 120 valence electrons. The van der Waals surface area contributed by atoms with Crippen molar-refractivity contribution in [1.29, 1.82) is 0 Å². The molecule has 0 spiro atoms. The number of aromatic amines is 1. The van der Waals surface area contributed by atoms with Crippen molar-refractivity contribution in [1.82, 2.24) is 19.9 Å². The molecule has 0 radical (unpaired) electrons. The normalized spacial score (nSPS) is 26.5. The van der Waals surface area contributed by atoms with Crippen LogP contribution in [-0.2, 0) is 4.79 Å². The molecule has 1 N–H and O–H groups in total. The highest BCUT2D eigenvalue weighted by Crippen LogP contribution is 2.41. The van der Waals surface area contributed by atoms with Gasteiger partial charge in [-0.2, -0.15) is 0 Å². The second kappa shape index (κ2) is 5.37. The summed E-state index contributed by atoms with van der Waals surface area (Å²) < 4.78 is 0. The fourth-order valence-electron chi connectivity index (χ4n) is 4.21.